The Morgan fingerprint density at radius 1 is 1.55 bits per heavy atom. The summed E-state index contributed by atoms with van der Waals surface area (Å²) in [6, 6.07) is 7.41. The molecule has 0 radical (unpaired) electrons. The highest BCUT2D eigenvalue weighted by Gasteiger charge is 2.14. The minimum absolute atomic E-state index is 0.175. The van der Waals surface area contributed by atoms with Gasteiger partial charge in [0.2, 0.25) is 0 Å². The molecule has 0 aliphatic rings. The summed E-state index contributed by atoms with van der Waals surface area (Å²) >= 11 is 0. The largest absolute Gasteiger partial charge is 0.478 e. The van der Waals surface area contributed by atoms with Crippen LogP contribution in [0.15, 0.2) is 24.4 Å². The van der Waals surface area contributed by atoms with Gasteiger partial charge in [-0.15, -0.1) is 0 Å². The van der Waals surface area contributed by atoms with E-state index in [1.54, 1.807) is 19.2 Å². The normalized spacial score (nSPS) is 10.1. The molecule has 0 aliphatic heterocycles. The third-order valence-corrected chi connectivity index (χ3v) is 3.10. The topological polar surface area (TPSA) is 90.9 Å². The fourth-order valence-corrected chi connectivity index (χ4v) is 1.91. The van der Waals surface area contributed by atoms with Gasteiger partial charge in [0.25, 0.3) is 0 Å². The van der Waals surface area contributed by atoms with Gasteiger partial charge in [-0.05, 0) is 24.6 Å². The van der Waals surface area contributed by atoms with Crippen molar-refractivity contribution in [3.63, 3.8) is 0 Å². The van der Waals surface area contributed by atoms with Gasteiger partial charge < -0.3 is 10.4 Å². The number of nitriles is 1. The van der Waals surface area contributed by atoms with Crippen LogP contribution in [0.1, 0.15) is 27.2 Å². The number of aromatic carboxylic acids is 1. The van der Waals surface area contributed by atoms with Crippen molar-refractivity contribution in [2.45, 2.75) is 13.5 Å². The predicted octanol–water partition coefficient (Wildman–Crippen LogP) is 1.91. The highest BCUT2D eigenvalue weighted by atomic mass is 16.4. The van der Waals surface area contributed by atoms with E-state index in [2.05, 4.69) is 16.5 Å². The summed E-state index contributed by atoms with van der Waals surface area (Å²) < 4.78 is 1.53. The van der Waals surface area contributed by atoms with Crippen molar-refractivity contribution in [1.29, 1.82) is 5.26 Å². The predicted molar refractivity (Wildman–Crippen MR) is 73.4 cm³/mol. The average Bonchev–Trinajstić information content (AvgIpc) is 2.79. The maximum absolute atomic E-state index is 11.1. The number of benzene rings is 1. The first-order chi connectivity index (χ1) is 9.52. The Morgan fingerprint density at radius 3 is 2.95 bits per heavy atom. The average molecular weight is 270 g/mol. The van der Waals surface area contributed by atoms with Crippen molar-refractivity contribution in [1.82, 2.24) is 9.78 Å². The van der Waals surface area contributed by atoms with Crippen molar-refractivity contribution in [2.24, 2.45) is 7.05 Å². The van der Waals surface area contributed by atoms with Crippen LogP contribution in [0.4, 0.5) is 5.69 Å². The van der Waals surface area contributed by atoms with Crippen LogP contribution < -0.4 is 5.32 Å². The van der Waals surface area contributed by atoms with Gasteiger partial charge in [0.15, 0.2) is 0 Å². The van der Waals surface area contributed by atoms with Crippen LogP contribution in [0.2, 0.25) is 0 Å². The molecular formula is C14H14N4O2. The number of carbonyl (C=O) groups is 1. The fourth-order valence-electron chi connectivity index (χ4n) is 1.91. The first kappa shape index (κ1) is 13.6. The Hall–Kier alpha value is -2.81. The number of carboxylic acid groups (broad SMARTS) is 1. The molecule has 0 spiro atoms. The number of hydrogen-bond donors (Lipinski definition) is 2. The molecule has 1 aromatic carbocycles. The highest BCUT2D eigenvalue weighted by molar-refractivity contribution is 5.88. The molecule has 1 heterocycles. The molecule has 0 amide bonds. The van der Waals surface area contributed by atoms with Gasteiger partial charge in [-0.2, -0.15) is 10.4 Å². The number of anilines is 1. The minimum atomic E-state index is -1.00. The molecule has 0 fully saturated rings. The van der Waals surface area contributed by atoms with E-state index in [4.69, 9.17) is 10.4 Å². The molecule has 6 nitrogen and oxygen atoms in total. The lowest BCUT2D eigenvalue weighted by molar-refractivity contribution is 0.0695. The zero-order valence-corrected chi connectivity index (χ0v) is 11.2. The van der Waals surface area contributed by atoms with E-state index in [-0.39, 0.29) is 5.56 Å². The first-order valence-electron chi connectivity index (χ1n) is 6.01. The lowest BCUT2D eigenvalue weighted by Gasteiger charge is -2.11. The summed E-state index contributed by atoms with van der Waals surface area (Å²) in [7, 11) is 1.70. The lowest BCUT2D eigenvalue weighted by Crippen LogP contribution is -2.10. The van der Waals surface area contributed by atoms with Gasteiger partial charge in [-0.3, -0.25) is 4.68 Å². The summed E-state index contributed by atoms with van der Waals surface area (Å²) in [5.41, 5.74) is 3.11. The van der Waals surface area contributed by atoms with E-state index >= 15 is 0 Å². The summed E-state index contributed by atoms with van der Waals surface area (Å²) in [5, 5.41) is 25.1. The molecule has 1 aromatic heterocycles. The third-order valence-electron chi connectivity index (χ3n) is 3.10. The van der Waals surface area contributed by atoms with Crippen molar-refractivity contribution in [3.05, 3.63) is 46.8 Å². The number of aryl methyl sites for hydroxylation is 2. The van der Waals surface area contributed by atoms with E-state index in [1.807, 2.05) is 13.0 Å². The third kappa shape index (κ3) is 2.62. The van der Waals surface area contributed by atoms with Gasteiger partial charge in [0.1, 0.15) is 5.56 Å². The van der Waals surface area contributed by atoms with Crippen LogP contribution in [0, 0.1) is 18.3 Å². The number of nitrogens with zero attached hydrogens (tertiary/aromatic N) is 3. The van der Waals surface area contributed by atoms with Crippen LogP contribution in [-0.2, 0) is 13.6 Å². The maximum Gasteiger partial charge on any atom is 0.339 e. The molecule has 2 rings (SSSR count). The van der Waals surface area contributed by atoms with E-state index in [1.165, 1.54) is 10.9 Å². The molecule has 0 saturated carbocycles. The van der Waals surface area contributed by atoms with Crippen LogP contribution in [0.25, 0.3) is 0 Å². The monoisotopic (exact) mass is 270 g/mol. The van der Waals surface area contributed by atoms with Gasteiger partial charge in [-0.25, -0.2) is 4.79 Å². The first-order valence-corrected chi connectivity index (χ1v) is 6.01. The van der Waals surface area contributed by atoms with Gasteiger partial charge in [0, 0.05) is 12.7 Å². The zero-order valence-electron chi connectivity index (χ0n) is 11.2. The summed E-state index contributed by atoms with van der Waals surface area (Å²) in [6.45, 7) is 2.25. The highest BCUT2D eigenvalue weighted by Crippen LogP contribution is 2.18. The second kappa shape index (κ2) is 5.45. The number of rotatable bonds is 4. The van der Waals surface area contributed by atoms with Crippen LogP contribution >= 0.6 is 0 Å². The fraction of sp³-hybridized carbons (Fsp3) is 0.214. The van der Waals surface area contributed by atoms with Gasteiger partial charge in [0.05, 0.1) is 30.1 Å². The van der Waals surface area contributed by atoms with E-state index in [0.717, 1.165) is 11.3 Å². The molecule has 20 heavy (non-hydrogen) atoms. The number of carboxylic acids is 1. The maximum atomic E-state index is 11.1. The molecule has 0 unspecified atom stereocenters. The zero-order chi connectivity index (χ0) is 14.7. The molecule has 6 heteroatoms. The standard InChI is InChI=1S/C14H14N4O2/c1-9-3-4-10(6-15)5-12(9)16-8-13-11(14(19)20)7-17-18(13)2/h3-5,7,16H,8H2,1-2H3,(H,19,20). The number of hydrogen-bond acceptors (Lipinski definition) is 4. The van der Waals surface area contributed by atoms with Crippen LogP contribution in [-0.4, -0.2) is 20.9 Å². The second-order valence-electron chi connectivity index (χ2n) is 4.43. The lowest BCUT2D eigenvalue weighted by atomic mass is 10.1. The quantitative estimate of drug-likeness (QED) is 0.885. The number of nitrogens with one attached hydrogen (secondary N) is 1. The molecule has 2 aromatic rings. The van der Waals surface area contributed by atoms with E-state index in [9.17, 15) is 4.79 Å². The number of aromatic nitrogens is 2. The Morgan fingerprint density at radius 2 is 2.30 bits per heavy atom. The van der Waals surface area contributed by atoms with Crippen molar-refractivity contribution < 1.29 is 9.90 Å². The molecule has 0 aliphatic carbocycles. The van der Waals surface area contributed by atoms with Crippen molar-refractivity contribution in [2.75, 3.05) is 5.32 Å². The Kier molecular flexibility index (Phi) is 3.71. The Bertz CT molecular complexity index is 698. The molecule has 0 bridgehead atoms. The second-order valence-corrected chi connectivity index (χ2v) is 4.43. The van der Waals surface area contributed by atoms with Crippen molar-refractivity contribution in [3.8, 4) is 6.07 Å². The van der Waals surface area contributed by atoms with Crippen molar-refractivity contribution >= 4 is 11.7 Å². The molecule has 0 saturated heterocycles. The SMILES string of the molecule is Cc1ccc(C#N)cc1NCc1c(C(=O)O)cnn1C. The summed E-state index contributed by atoms with van der Waals surface area (Å²) in [4.78, 5) is 11.1. The Balaban J connectivity index is 2.23. The van der Waals surface area contributed by atoms with Gasteiger partial charge >= 0.3 is 5.97 Å². The molecule has 2 N–H and O–H groups in total. The van der Waals surface area contributed by atoms with E-state index < -0.39 is 5.97 Å². The van der Waals surface area contributed by atoms with Crippen LogP contribution in [0.5, 0.6) is 0 Å². The van der Waals surface area contributed by atoms with E-state index in [0.29, 0.717) is 17.8 Å². The molecule has 0 atom stereocenters. The smallest absolute Gasteiger partial charge is 0.339 e. The minimum Gasteiger partial charge on any atom is -0.478 e. The van der Waals surface area contributed by atoms with Gasteiger partial charge in [-0.1, -0.05) is 6.07 Å². The summed E-state index contributed by atoms with van der Waals surface area (Å²) in [5.74, 6) is -1.00. The van der Waals surface area contributed by atoms with Crippen LogP contribution in [0.3, 0.4) is 0 Å². The Labute approximate surface area is 116 Å². The molecular weight excluding hydrogens is 256 g/mol. The molecule has 102 valence electrons. The summed E-state index contributed by atoms with van der Waals surface area (Å²) in [6.07, 6.45) is 1.33.